The normalized spacial score (nSPS) is 13.1. The minimum Gasteiger partial charge on any atom is -0.377 e. The van der Waals surface area contributed by atoms with Crippen molar-refractivity contribution < 1.29 is 4.74 Å². The Kier molecular flexibility index (Phi) is 4.04. The van der Waals surface area contributed by atoms with Gasteiger partial charge in [-0.05, 0) is 41.8 Å². The smallest absolute Gasteiger partial charge is 0.0648 e. The van der Waals surface area contributed by atoms with Gasteiger partial charge < -0.3 is 9.64 Å². The first-order chi connectivity index (χ1) is 4.86. The van der Waals surface area contributed by atoms with Gasteiger partial charge in [0.15, 0.2) is 0 Å². The van der Waals surface area contributed by atoms with E-state index >= 15 is 0 Å². The number of hydrogen-bond donors (Lipinski definition) is 0. The predicted molar refractivity (Wildman–Crippen MR) is 48.9 cm³/mol. The first kappa shape index (κ1) is 10.9. The fraction of sp³-hybridized carbons (Fsp3) is 1.00. The Bertz CT molecular complexity index is 108. The predicted octanol–water partition coefficient (Wildman–Crippen LogP) is 1.75. The Labute approximate surface area is 70.5 Å². The standard InChI is InChI=1S/C9H21NO/c1-8(2)11-7-9(3,4)10(5)6/h8H,7H2,1-6H3. The highest BCUT2D eigenvalue weighted by atomic mass is 16.5. The maximum Gasteiger partial charge on any atom is 0.0648 e. The van der Waals surface area contributed by atoms with Crippen LogP contribution in [0.25, 0.3) is 0 Å². The number of rotatable bonds is 4. The van der Waals surface area contributed by atoms with Gasteiger partial charge in [0.05, 0.1) is 12.7 Å². The zero-order valence-electron chi connectivity index (χ0n) is 8.64. The molecule has 0 spiro atoms. The van der Waals surface area contributed by atoms with Crippen LogP contribution in [0.3, 0.4) is 0 Å². The van der Waals surface area contributed by atoms with Gasteiger partial charge in [0.2, 0.25) is 0 Å². The molecule has 0 heterocycles. The molecule has 0 unspecified atom stereocenters. The second-order valence-corrected chi connectivity index (χ2v) is 4.07. The average molecular weight is 159 g/mol. The third kappa shape index (κ3) is 4.38. The molecule has 0 aliphatic carbocycles. The fourth-order valence-corrected chi connectivity index (χ4v) is 0.500. The lowest BCUT2D eigenvalue weighted by Gasteiger charge is -2.32. The molecule has 2 nitrogen and oxygen atoms in total. The minimum atomic E-state index is 0.143. The van der Waals surface area contributed by atoms with Crippen LogP contribution in [0.1, 0.15) is 27.7 Å². The largest absolute Gasteiger partial charge is 0.377 e. The van der Waals surface area contributed by atoms with E-state index in [1.807, 2.05) is 0 Å². The van der Waals surface area contributed by atoms with Crippen LogP contribution in [0.4, 0.5) is 0 Å². The van der Waals surface area contributed by atoms with Gasteiger partial charge in [-0.15, -0.1) is 0 Å². The third-order valence-corrected chi connectivity index (χ3v) is 1.98. The van der Waals surface area contributed by atoms with Gasteiger partial charge in [-0.3, -0.25) is 0 Å². The van der Waals surface area contributed by atoms with Crippen molar-refractivity contribution in [3.8, 4) is 0 Å². The van der Waals surface area contributed by atoms with Crippen LogP contribution in [-0.2, 0) is 4.74 Å². The molecule has 0 saturated heterocycles. The zero-order chi connectivity index (χ0) is 9.07. The van der Waals surface area contributed by atoms with E-state index in [4.69, 9.17) is 4.74 Å². The second-order valence-electron chi connectivity index (χ2n) is 4.07. The Hall–Kier alpha value is -0.0800. The van der Waals surface area contributed by atoms with E-state index < -0.39 is 0 Å². The molecule has 0 aliphatic heterocycles. The monoisotopic (exact) mass is 159 g/mol. The van der Waals surface area contributed by atoms with E-state index in [0.717, 1.165) is 6.61 Å². The van der Waals surface area contributed by atoms with Gasteiger partial charge in [-0.25, -0.2) is 0 Å². The van der Waals surface area contributed by atoms with E-state index in [1.54, 1.807) is 0 Å². The van der Waals surface area contributed by atoms with Crippen molar-refractivity contribution >= 4 is 0 Å². The van der Waals surface area contributed by atoms with Crippen LogP contribution in [0, 0.1) is 0 Å². The summed E-state index contributed by atoms with van der Waals surface area (Å²) in [7, 11) is 4.15. The summed E-state index contributed by atoms with van der Waals surface area (Å²) < 4.78 is 5.53. The maximum absolute atomic E-state index is 5.53. The van der Waals surface area contributed by atoms with Crippen molar-refractivity contribution in [3.05, 3.63) is 0 Å². The van der Waals surface area contributed by atoms with Crippen LogP contribution >= 0.6 is 0 Å². The fourth-order valence-electron chi connectivity index (χ4n) is 0.500. The molecule has 0 aromatic carbocycles. The van der Waals surface area contributed by atoms with Crippen LogP contribution in [0.15, 0.2) is 0 Å². The summed E-state index contributed by atoms with van der Waals surface area (Å²) in [6, 6.07) is 0. The highest BCUT2D eigenvalue weighted by Gasteiger charge is 2.20. The average Bonchev–Trinajstić information content (AvgIpc) is 1.84. The van der Waals surface area contributed by atoms with Crippen molar-refractivity contribution in [2.75, 3.05) is 20.7 Å². The van der Waals surface area contributed by atoms with E-state index in [2.05, 4.69) is 46.7 Å². The topological polar surface area (TPSA) is 12.5 Å². The van der Waals surface area contributed by atoms with Gasteiger partial charge in [0.1, 0.15) is 0 Å². The van der Waals surface area contributed by atoms with Crippen molar-refractivity contribution in [3.63, 3.8) is 0 Å². The van der Waals surface area contributed by atoms with Crippen molar-refractivity contribution in [1.29, 1.82) is 0 Å². The first-order valence-corrected chi connectivity index (χ1v) is 4.15. The van der Waals surface area contributed by atoms with Gasteiger partial charge in [0, 0.05) is 5.54 Å². The Morgan fingerprint density at radius 2 is 1.73 bits per heavy atom. The molecule has 0 aromatic heterocycles. The summed E-state index contributed by atoms with van der Waals surface area (Å²) in [6.07, 6.45) is 0.328. The van der Waals surface area contributed by atoms with Gasteiger partial charge in [0.25, 0.3) is 0 Å². The summed E-state index contributed by atoms with van der Waals surface area (Å²) in [5.41, 5.74) is 0.143. The summed E-state index contributed by atoms with van der Waals surface area (Å²) in [4.78, 5) is 2.18. The Morgan fingerprint density at radius 1 is 1.27 bits per heavy atom. The molecule has 0 atom stereocenters. The molecule has 2 heteroatoms. The molecular formula is C9H21NO. The van der Waals surface area contributed by atoms with Gasteiger partial charge in [-0.1, -0.05) is 0 Å². The number of hydrogen-bond acceptors (Lipinski definition) is 2. The molecule has 0 saturated carbocycles. The lowest BCUT2D eigenvalue weighted by molar-refractivity contribution is 0.00400. The lowest BCUT2D eigenvalue weighted by atomic mass is 10.1. The van der Waals surface area contributed by atoms with Crippen LogP contribution < -0.4 is 0 Å². The molecule has 11 heavy (non-hydrogen) atoms. The van der Waals surface area contributed by atoms with Crippen molar-refractivity contribution in [2.24, 2.45) is 0 Å². The molecular weight excluding hydrogens is 138 g/mol. The molecule has 0 rings (SSSR count). The van der Waals surface area contributed by atoms with Crippen LogP contribution in [-0.4, -0.2) is 37.2 Å². The highest BCUT2D eigenvalue weighted by molar-refractivity contribution is 4.76. The van der Waals surface area contributed by atoms with Crippen molar-refractivity contribution in [1.82, 2.24) is 4.90 Å². The Morgan fingerprint density at radius 3 is 2.00 bits per heavy atom. The minimum absolute atomic E-state index is 0.143. The molecule has 0 N–H and O–H groups in total. The van der Waals surface area contributed by atoms with Crippen molar-refractivity contribution in [2.45, 2.75) is 39.3 Å². The SMILES string of the molecule is CC(C)OCC(C)(C)N(C)C. The van der Waals surface area contributed by atoms with Gasteiger partial charge >= 0.3 is 0 Å². The molecule has 0 aromatic rings. The van der Waals surface area contributed by atoms with E-state index in [-0.39, 0.29) is 5.54 Å². The summed E-state index contributed by atoms with van der Waals surface area (Å²) in [5, 5.41) is 0. The summed E-state index contributed by atoms with van der Waals surface area (Å²) >= 11 is 0. The van der Waals surface area contributed by atoms with E-state index in [0.29, 0.717) is 6.10 Å². The lowest BCUT2D eigenvalue weighted by Crippen LogP contribution is -2.43. The number of ether oxygens (including phenoxy) is 1. The van der Waals surface area contributed by atoms with Crippen LogP contribution in [0.5, 0.6) is 0 Å². The maximum atomic E-state index is 5.53. The Balaban J connectivity index is 3.73. The number of likely N-dealkylation sites (N-methyl/N-ethyl adjacent to an activating group) is 1. The van der Waals surface area contributed by atoms with E-state index in [9.17, 15) is 0 Å². The van der Waals surface area contributed by atoms with Gasteiger partial charge in [-0.2, -0.15) is 0 Å². The van der Waals surface area contributed by atoms with Crippen LogP contribution in [0.2, 0.25) is 0 Å². The summed E-state index contributed by atoms with van der Waals surface area (Å²) in [6.45, 7) is 9.26. The third-order valence-electron chi connectivity index (χ3n) is 1.98. The first-order valence-electron chi connectivity index (χ1n) is 4.15. The zero-order valence-corrected chi connectivity index (χ0v) is 8.64. The highest BCUT2D eigenvalue weighted by Crippen LogP contribution is 2.10. The summed E-state index contributed by atoms with van der Waals surface area (Å²) in [5.74, 6) is 0. The number of nitrogens with zero attached hydrogens (tertiary/aromatic N) is 1. The quantitative estimate of drug-likeness (QED) is 0.619. The second kappa shape index (κ2) is 4.07. The van der Waals surface area contributed by atoms with E-state index in [1.165, 1.54) is 0 Å². The molecule has 0 radical (unpaired) electrons. The molecule has 0 fully saturated rings. The molecule has 0 bridgehead atoms. The molecule has 0 aliphatic rings. The molecule has 0 amide bonds. The molecule has 68 valence electrons.